The summed E-state index contributed by atoms with van der Waals surface area (Å²) < 4.78 is 126. The van der Waals surface area contributed by atoms with Crippen LogP contribution in [0.4, 0.5) is 43.9 Å². The van der Waals surface area contributed by atoms with Gasteiger partial charge >= 0.3 is 0 Å². The molecule has 106 heavy (non-hydrogen) atoms. The second kappa shape index (κ2) is 49.2. The minimum Gasteiger partial charge on any atom is -0.261 e. The molecule has 0 atom stereocenters. The van der Waals surface area contributed by atoms with Crippen LogP contribution >= 0.6 is 0 Å². The highest BCUT2D eigenvalue weighted by Crippen LogP contribution is 2.16. The van der Waals surface area contributed by atoms with Crippen molar-refractivity contribution in [2.75, 3.05) is 0 Å². The summed E-state index contributed by atoms with van der Waals surface area (Å²) in [7, 11) is 0. The van der Waals surface area contributed by atoms with Crippen LogP contribution in [-0.2, 0) is 0 Å². The summed E-state index contributed by atoms with van der Waals surface area (Å²) in [5, 5.41) is 0. The van der Waals surface area contributed by atoms with E-state index < -0.39 is 34.9 Å². The van der Waals surface area contributed by atoms with Gasteiger partial charge in [-0.2, -0.15) is 0 Å². The average molecular weight is 1460 g/mol. The van der Waals surface area contributed by atoms with Gasteiger partial charge < -0.3 is 0 Å². The summed E-state index contributed by atoms with van der Waals surface area (Å²) in [6.45, 7) is 43.4. The van der Waals surface area contributed by atoms with Crippen molar-refractivity contribution in [3.63, 3.8) is 0 Å². The van der Waals surface area contributed by atoms with E-state index in [1.807, 2.05) is 145 Å². The van der Waals surface area contributed by atoms with Gasteiger partial charge in [0.05, 0.1) is 11.4 Å². The molecule has 12 aromatic rings. The van der Waals surface area contributed by atoms with Crippen LogP contribution in [-0.4, -0.2) is 39.9 Å². The fraction of sp³-hybridized carbons (Fsp3) is 0.273. The summed E-state index contributed by atoms with van der Waals surface area (Å²) in [5.74, 6) is -2.40. The summed E-state index contributed by atoms with van der Waals surface area (Å²) in [6, 6.07) is 38.4. The average Bonchev–Trinajstić information content (AvgIpc) is 0.873. The third-order valence-electron chi connectivity index (χ3n) is 14.5. The zero-order valence-electron chi connectivity index (χ0n) is 65.7. The molecule has 0 amide bonds. The molecular weight excluding hydrogens is 1360 g/mol. The van der Waals surface area contributed by atoms with Gasteiger partial charge in [-0.05, 0) is 305 Å². The molecule has 6 heterocycles. The molecule has 0 aliphatic rings. The predicted octanol–water partition coefficient (Wildman–Crippen LogP) is 24.2. The number of aromatic nitrogens is 8. The molecule has 0 N–H and O–H groups in total. The van der Waals surface area contributed by atoms with Crippen LogP contribution in [0.1, 0.15) is 135 Å². The van der Waals surface area contributed by atoms with Gasteiger partial charge in [0, 0.05) is 72.1 Å². The first kappa shape index (κ1) is 93.4. The van der Waals surface area contributed by atoms with Gasteiger partial charge in [0.1, 0.15) is 58.2 Å². The number of rotatable bonds is 0. The zero-order chi connectivity index (χ0) is 80.5. The van der Waals surface area contributed by atoms with Gasteiger partial charge in [-0.25, -0.2) is 63.8 Å². The smallest absolute Gasteiger partial charge is 0.161 e. The second-order valence-corrected chi connectivity index (χ2v) is 25.4. The number of pyridine rings is 4. The Morgan fingerprint density at radius 3 is 0.623 bits per heavy atom. The SMILES string of the molecule is Cc1cc(F)c(C)c(F)c1.Cc1cc(F)c(C)c(F)c1.Cc1ccc(C)c(F)c1.Cc1ccc(C)c(F)c1.Cc1ccc(C)c(F)c1F.Cc1ccc(C)cc1.Cc1ccc(C)nc1.Cc1ccc(C)nc1.Cc1cnc(C)c(F)c1.Cc1cnc(C)c(F)c1.Cc1cnc(C)nc1.Cc1cnc(C)nc1. The lowest BCUT2D eigenvalue weighted by molar-refractivity contribution is 0.497. The Kier molecular flexibility index (Phi) is 43.3. The van der Waals surface area contributed by atoms with E-state index in [2.05, 4.69) is 90.1 Å². The molecule has 0 unspecified atom stereocenters. The maximum Gasteiger partial charge on any atom is 0.161 e. The highest BCUT2D eigenvalue weighted by Gasteiger charge is 2.07. The first-order valence-corrected chi connectivity index (χ1v) is 33.8. The number of aryl methyl sites for hydroxylation is 22. The molecule has 0 aliphatic heterocycles. The molecule has 8 nitrogen and oxygen atoms in total. The number of nitrogens with zero attached hydrogens (tertiary/aromatic N) is 8. The van der Waals surface area contributed by atoms with Gasteiger partial charge in [-0.15, -0.1) is 0 Å². The fourth-order valence-electron chi connectivity index (χ4n) is 7.52. The lowest BCUT2D eigenvalue weighted by atomic mass is 10.1. The molecule has 0 bridgehead atoms. The largest absolute Gasteiger partial charge is 0.261 e. The zero-order valence-corrected chi connectivity index (χ0v) is 65.7. The first-order chi connectivity index (χ1) is 49.6. The molecule has 0 aliphatic carbocycles. The molecule has 18 heteroatoms. The predicted molar refractivity (Wildman–Crippen MR) is 413 cm³/mol. The van der Waals surface area contributed by atoms with Gasteiger partial charge in [0.15, 0.2) is 11.6 Å². The maximum atomic E-state index is 12.6. The Morgan fingerprint density at radius 1 is 0.179 bits per heavy atom. The van der Waals surface area contributed by atoms with Crippen molar-refractivity contribution in [3.8, 4) is 0 Å². The van der Waals surface area contributed by atoms with Crippen molar-refractivity contribution < 1.29 is 43.9 Å². The third kappa shape index (κ3) is 40.4. The lowest BCUT2D eigenvalue weighted by Gasteiger charge is -1.99. The second-order valence-electron chi connectivity index (χ2n) is 25.4. The van der Waals surface area contributed by atoms with E-state index in [1.54, 1.807) is 78.2 Å². The van der Waals surface area contributed by atoms with Crippen LogP contribution in [0.3, 0.4) is 0 Å². The lowest BCUT2D eigenvalue weighted by Crippen LogP contribution is -1.91. The Balaban J connectivity index is 0.000000579. The summed E-state index contributed by atoms with van der Waals surface area (Å²) in [6.07, 6.45) is 14.3. The quantitative estimate of drug-likeness (QED) is 0.138. The molecule has 0 fully saturated rings. The molecule has 0 radical (unpaired) electrons. The van der Waals surface area contributed by atoms with Gasteiger partial charge in [-0.1, -0.05) is 83.9 Å². The van der Waals surface area contributed by atoms with Crippen LogP contribution < -0.4 is 0 Å². The highest BCUT2D eigenvalue weighted by molar-refractivity contribution is 5.28. The Bertz CT molecular complexity index is 3870. The molecular formula is C88H102F10N8. The first-order valence-electron chi connectivity index (χ1n) is 33.8. The van der Waals surface area contributed by atoms with Gasteiger partial charge in [0.2, 0.25) is 0 Å². The minimum absolute atomic E-state index is 0.0885. The molecule has 12 rings (SSSR count). The van der Waals surface area contributed by atoms with Crippen molar-refractivity contribution in [1.29, 1.82) is 0 Å². The summed E-state index contributed by atoms with van der Waals surface area (Å²) in [5.41, 5.74) is 17.6. The van der Waals surface area contributed by atoms with E-state index >= 15 is 0 Å². The highest BCUT2D eigenvalue weighted by atomic mass is 19.2. The third-order valence-corrected chi connectivity index (χ3v) is 14.5. The summed E-state index contributed by atoms with van der Waals surface area (Å²) in [4.78, 5) is 31.6. The number of hydrogen-bond acceptors (Lipinski definition) is 8. The summed E-state index contributed by atoms with van der Waals surface area (Å²) >= 11 is 0. The standard InChI is InChI=1S/3C8H8F2.2C8H9F.C8H10.2C7H8FN.2C7H9N.2C6H8N2/c2*1-5-3-7(9)6(2)8(10)4-5;1-5-3-4-6(2)8(10)7(5)9;2*1-6-3-4-7(2)8(9)5-6;1-7-3-5-8(2)6-4-7;2*1-5-3-7(8)6(2)9-4-5;2*1-6-3-4-7(2)8-5-6;2*1-5-3-7-6(2)8-4-5/h3*3-4H,1-2H3;2*3-5H,1-2H3;3-6H,1-2H3;2*3-4H,1-2H3;2*3-5H,1-2H3;2*3-4H,1-2H3. The topological polar surface area (TPSA) is 103 Å². The van der Waals surface area contributed by atoms with Crippen molar-refractivity contribution >= 4 is 0 Å². The van der Waals surface area contributed by atoms with Crippen LogP contribution in [0.5, 0.6) is 0 Å². The van der Waals surface area contributed by atoms with E-state index in [-0.39, 0.29) is 34.4 Å². The Labute approximate surface area is 622 Å². The van der Waals surface area contributed by atoms with Crippen molar-refractivity contribution in [2.45, 2.75) is 166 Å². The monoisotopic (exact) mass is 1460 g/mol. The van der Waals surface area contributed by atoms with Crippen LogP contribution in [0.2, 0.25) is 0 Å². The number of halogens is 10. The molecule has 6 aromatic heterocycles. The number of hydrogen-bond donors (Lipinski definition) is 0. The van der Waals surface area contributed by atoms with E-state index in [4.69, 9.17) is 0 Å². The van der Waals surface area contributed by atoms with Crippen molar-refractivity contribution in [2.24, 2.45) is 0 Å². The van der Waals surface area contributed by atoms with E-state index in [9.17, 15) is 43.9 Å². The van der Waals surface area contributed by atoms with Crippen molar-refractivity contribution in [3.05, 3.63) is 376 Å². The normalized spacial score (nSPS) is 9.60. The van der Waals surface area contributed by atoms with Crippen LogP contribution in [0.15, 0.2) is 183 Å². The van der Waals surface area contributed by atoms with E-state index in [0.29, 0.717) is 44.8 Å². The van der Waals surface area contributed by atoms with Gasteiger partial charge in [-0.3, -0.25) is 19.9 Å². The molecule has 6 aromatic carbocycles. The molecule has 0 spiro atoms. The van der Waals surface area contributed by atoms with Crippen molar-refractivity contribution in [1.82, 2.24) is 39.9 Å². The van der Waals surface area contributed by atoms with Crippen LogP contribution in [0, 0.1) is 224 Å². The minimum atomic E-state index is -0.736. The molecule has 564 valence electrons. The maximum absolute atomic E-state index is 12.6. The molecule has 0 saturated carbocycles. The Hall–Kier alpha value is -10.6. The number of benzene rings is 6. The fourth-order valence-corrected chi connectivity index (χ4v) is 7.52. The van der Waals surface area contributed by atoms with Crippen LogP contribution in [0.25, 0.3) is 0 Å². The van der Waals surface area contributed by atoms with E-state index in [0.717, 1.165) is 56.4 Å². The molecule has 0 saturated heterocycles. The Morgan fingerprint density at radius 2 is 0.406 bits per heavy atom. The van der Waals surface area contributed by atoms with E-state index in [1.165, 1.54) is 98.5 Å². The van der Waals surface area contributed by atoms with Gasteiger partial charge in [0.25, 0.3) is 0 Å².